The van der Waals surface area contributed by atoms with Crippen molar-refractivity contribution < 1.29 is 18.7 Å². The third-order valence-electron chi connectivity index (χ3n) is 4.62. The summed E-state index contributed by atoms with van der Waals surface area (Å²) in [6.45, 7) is -0.312. The van der Waals surface area contributed by atoms with Crippen LogP contribution in [0.15, 0.2) is 82.0 Å². The number of hydrogen-bond acceptors (Lipinski definition) is 5. The van der Waals surface area contributed by atoms with Crippen molar-refractivity contribution in [2.24, 2.45) is 0 Å². The van der Waals surface area contributed by atoms with Crippen LogP contribution in [-0.2, 0) is 0 Å². The Hall–Kier alpha value is -3.57. The lowest BCUT2D eigenvalue weighted by molar-refractivity contribution is 0.0920. The molecule has 0 bridgehead atoms. The molecule has 0 saturated carbocycles. The first-order valence-corrected chi connectivity index (χ1v) is 9.56. The van der Waals surface area contributed by atoms with Crippen molar-refractivity contribution in [3.8, 4) is 22.8 Å². The second-order valence-electron chi connectivity index (χ2n) is 6.53. The molecule has 5 nitrogen and oxygen atoms in total. The van der Waals surface area contributed by atoms with E-state index in [2.05, 4.69) is 0 Å². The maximum absolute atomic E-state index is 13.1. The zero-order chi connectivity index (χ0) is 21.1. The molecule has 0 atom stereocenters. The fourth-order valence-corrected chi connectivity index (χ4v) is 3.17. The van der Waals surface area contributed by atoms with Crippen molar-refractivity contribution in [2.75, 3.05) is 13.7 Å². The second kappa shape index (κ2) is 8.43. The molecule has 0 spiro atoms. The lowest BCUT2D eigenvalue weighted by Crippen LogP contribution is -2.17. The summed E-state index contributed by atoms with van der Waals surface area (Å²) in [6.07, 6.45) is 0. The number of ketones is 1. The maximum Gasteiger partial charge on any atom is 0.235 e. The first kappa shape index (κ1) is 19.7. The van der Waals surface area contributed by atoms with Gasteiger partial charge in [-0.05, 0) is 60.7 Å². The number of benzene rings is 3. The van der Waals surface area contributed by atoms with Gasteiger partial charge in [0.1, 0.15) is 11.3 Å². The van der Waals surface area contributed by atoms with Gasteiger partial charge < -0.3 is 13.9 Å². The first-order valence-electron chi connectivity index (χ1n) is 9.18. The van der Waals surface area contributed by atoms with Crippen molar-refractivity contribution in [3.63, 3.8) is 0 Å². The van der Waals surface area contributed by atoms with Crippen LogP contribution in [0.3, 0.4) is 0 Å². The highest BCUT2D eigenvalue weighted by atomic mass is 35.5. The predicted octanol–water partition coefficient (Wildman–Crippen LogP) is 5.38. The minimum absolute atomic E-state index is 0.0128. The molecule has 6 heteroatoms. The van der Waals surface area contributed by atoms with Crippen LogP contribution in [0.1, 0.15) is 10.4 Å². The summed E-state index contributed by atoms with van der Waals surface area (Å²) in [7, 11) is 1.57. The topological polar surface area (TPSA) is 65.7 Å². The predicted molar refractivity (Wildman–Crippen MR) is 116 cm³/mol. The fraction of sp³-hybridized carbons (Fsp3) is 0.0833. The first-order chi connectivity index (χ1) is 14.6. The van der Waals surface area contributed by atoms with E-state index in [1.165, 1.54) is 0 Å². The smallest absolute Gasteiger partial charge is 0.235 e. The summed E-state index contributed by atoms with van der Waals surface area (Å²) in [5, 5.41) is 0.910. The summed E-state index contributed by atoms with van der Waals surface area (Å²) < 4.78 is 16.9. The molecule has 0 fully saturated rings. The van der Waals surface area contributed by atoms with Gasteiger partial charge >= 0.3 is 0 Å². The summed E-state index contributed by atoms with van der Waals surface area (Å²) in [5.41, 5.74) is 1.17. The minimum Gasteiger partial charge on any atom is -0.497 e. The average Bonchev–Trinajstić information content (AvgIpc) is 2.78. The number of hydrogen-bond donors (Lipinski definition) is 0. The van der Waals surface area contributed by atoms with Gasteiger partial charge in [0.25, 0.3) is 0 Å². The molecule has 0 unspecified atom stereocenters. The summed E-state index contributed by atoms with van der Waals surface area (Å²) in [4.78, 5) is 25.6. The van der Waals surface area contributed by atoms with E-state index >= 15 is 0 Å². The molecule has 0 radical (unpaired) electrons. The van der Waals surface area contributed by atoms with E-state index in [0.717, 1.165) is 0 Å². The standard InChI is InChI=1S/C24H17ClO5/c1-28-18-12-8-16(9-13-18)23-24(22(27)19-4-2-3-5-21(19)30-23)29-14-20(26)15-6-10-17(25)11-7-15/h2-13H,14H2,1H3. The van der Waals surface area contributed by atoms with Crippen LogP contribution >= 0.6 is 11.6 Å². The Bertz CT molecular complexity index is 1260. The van der Waals surface area contributed by atoms with Crippen LogP contribution in [0.5, 0.6) is 11.5 Å². The number of carbonyl (C=O) groups is 1. The quantitative estimate of drug-likeness (QED) is 0.391. The van der Waals surface area contributed by atoms with Gasteiger partial charge in [-0.3, -0.25) is 9.59 Å². The molecular weight excluding hydrogens is 404 g/mol. The van der Waals surface area contributed by atoms with Gasteiger partial charge in [-0.2, -0.15) is 0 Å². The SMILES string of the molecule is COc1ccc(-c2oc3ccccc3c(=O)c2OCC(=O)c2ccc(Cl)cc2)cc1. The maximum atomic E-state index is 13.1. The molecule has 1 aromatic heterocycles. The normalized spacial score (nSPS) is 10.7. The van der Waals surface area contributed by atoms with E-state index in [-0.39, 0.29) is 29.3 Å². The Balaban J connectivity index is 1.74. The largest absolute Gasteiger partial charge is 0.497 e. The number of Topliss-reactive ketones (excluding diaryl/α,β-unsaturated/α-hetero) is 1. The van der Waals surface area contributed by atoms with Gasteiger partial charge in [0.2, 0.25) is 11.2 Å². The van der Waals surface area contributed by atoms with Crippen LogP contribution in [0.2, 0.25) is 5.02 Å². The highest BCUT2D eigenvalue weighted by molar-refractivity contribution is 6.30. The summed E-state index contributed by atoms with van der Waals surface area (Å²) in [5.74, 6) is 0.633. The van der Waals surface area contributed by atoms with E-state index in [1.54, 1.807) is 79.9 Å². The molecule has 0 aliphatic carbocycles. The van der Waals surface area contributed by atoms with Crippen molar-refractivity contribution in [1.82, 2.24) is 0 Å². The minimum atomic E-state index is -0.341. The van der Waals surface area contributed by atoms with Crippen LogP contribution in [0, 0.1) is 0 Å². The fourth-order valence-electron chi connectivity index (χ4n) is 3.05. The average molecular weight is 421 g/mol. The Morgan fingerprint density at radius 1 is 0.967 bits per heavy atom. The number of para-hydroxylation sites is 1. The third kappa shape index (κ3) is 3.93. The van der Waals surface area contributed by atoms with Gasteiger partial charge in [-0.1, -0.05) is 23.7 Å². The van der Waals surface area contributed by atoms with Crippen molar-refractivity contribution in [3.05, 3.63) is 93.6 Å². The molecule has 0 saturated heterocycles. The van der Waals surface area contributed by atoms with E-state index in [0.29, 0.717) is 32.9 Å². The molecule has 0 N–H and O–H groups in total. The van der Waals surface area contributed by atoms with Crippen molar-refractivity contribution in [2.45, 2.75) is 0 Å². The van der Waals surface area contributed by atoms with Gasteiger partial charge in [0.05, 0.1) is 12.5 Å². The van der Waals surface area contributed by atoms with E-state index in [9.17, 15) is 9.59 Å². The molecule has 3 aromatic carbocycles. The van der Waals surface area contributed by atoms with Crippen LogP contribution in [0.4, 0.5) is 0 Å². The van der Waals surface area contributed by atoms with E-state index in [1.807, 2.05) is 0 Å². The highest BCUT2D eigenvalue weighted by Gasteiger charge is 2.19. The summed E-state index contributed by atoms with van der Waals surface area (Å²) >= 11 is 5.87. The number of methoxy groups -OCH3 is 1. The lowest BCUT2D eigenvalue weighted by atomic mass is 10.1. The van der Waals surface area contributed by atoms with Crippen LogP contribution < -0.4 is 14.9 Å². The van der Waals surface area contributed by atoms with Gasteiger partial charge in [-0.15, -0.1) is 0 Å². The van der Waals surface area contributed by atoms with Gasteiger partial charge in [0, 0.05) is 16.1 Å². The van der Waals surface area contributed by atoms with Crippen molar-refractivity contribution in [1.29, 1.82) is 0 Å². The molecule has 0 aliphatic heterocycles. The zero-order valence-electron chi connectivity index (χ0n) is 16.1. The van der Waals surface area contributed by atoms with Crippen LogP contribution in [-0.4, -0.2) is 19.5 Å². The van der Waals surface area contributed by atoms with Crippen LogP contribution in [0.25, 0.3) is 22.3 Å². The molecule has 0 aliphatic rings. The third-order valence-corrected chi connectivity index (χ3v) is 4.87. The summed E-state index contributed by atoms with van der Waals surface area (Å²) in [6, 6.07) is 20.4. The molecule has 4 rings (SSSR count). The Morgan fingerprint density at radius 2 is 1.67 bits per heavy atom. The highest BCUT2D eigenvalue weighted by Crippen LogP contribution is 2.32. The molecule has 1 heterocycles. The van der Waals surface area contributed by atoms with E-state index < -0.39 is 0 Å². The number of carbonyl (C=O) groups excluding carboxylic acids is 1. The molecule has 150 valence electrons. The molecule has 0 amide bonds. The lowest BCUT2D eigenvalue weighted by Gasteiger charge is -2.12. The number of fused-ring (bicyclic) bond motifs is 1. The number of ether oxygens (including phenoxy) is 2. The van der Waals surface area contributed by atoms with Crippen molar-refractivity contribution >= 4 is 28.4 Å². The molecular formula is C24H17ClO5. The van der Waals surface area contributed by atoms with Gasteiger partial charge in [0.15, 0.2) is 18.2 Å². The Labute approximate surface area is 177 Å². The Kier molecular flexibility index (Phi) is 5.55. The second-order valence-corrected chi connectivity index (χ2v) is 6.97. The van der Waals surface area contributed by atoms with E-state index in [4.69, 9.17) is 25.5 Å². The number of halogens is 1. The number of rotatable bonds is 6. The Morgan fingerprint density at radius 3 is 2.37 bits per heavy atom. The molecule has 4 aromatic rings. The zero-order valence-corrected chi connectivity index (χ0v) is 16.8. The van der Waals surface area contributed by atoms with Gasteiger partial charge in [-0.25, -0.2) is 0 Å². The molecule has 30 heavy (non-hydrogen) atoms. The monoisotopic (exact) mass is 420 g/mol.